The lowest BCUT2D eigenvalue weighted by atomic mass is 10.3. The molecule has 1 rings (SSSR count). The van der Waals surface area contributed by atoms with E-state index in [0.29, 0.717) is 11.4 Å². The average molecular weight is 204 g/mol. The molecule has 1 heterocycles. The molecule has 0 unspecified atom stereocenters. The molecule has 0 aromatic carbocycles. The van der Waals surface area contributed by atoms with E-state index in [-0.39, 0.29) is 6.54 Å². The highest BCUT2D eigenvalue weighted by Crippen LogP contribution is 2.19. The maximum Gasteiger partial charge on any atom is 0.390 e. The quantitative estimate of drug-likeness (QED) is 0.818. The van der Waals surface area contributed by atoms with Gasteiger partial charge in [0.05, 0.1) is 17.8 Å². The number of hydrogen-bond acceptors (Lipinski definition) is 2. The van der Waals surface area contributed by atoms with E-state index in [9.17, 15) is 13.2 Å². The fourth-order valence-electron chi connectivity index (χ4n) is 1.01. The lowest BCUT2D eigenvalue weighted by molar-refractivity contribution is -0.131. The lowest BCUT2D eigenvalue weighted by Gasteiger charge is -2.09. The van der Waals surface area contributed by atoms with Crippen LogP contribution < -0.4 is 5.32 Å². The summed E-state index contributed by atoms with van der Waals surface area (Å²) in [7, 11) is 0. The van der Waals surface area contributed by atoms with E-state index in [0.717, 1.165) is 0 Å². The number of alkyl halides is 3. The van der Waals surface area contributed by atoms with Crippen LogP contribution in [0.5, 0.6) is 0 Å². The zero-order valence-electron chi connectivity index (χ0n) is 7.73. The van der Waals surface area contributed by atoms with E-state index in [1.807, 2.05) is 0 Å². The summed E-state index contributed by atoms with van der Waals surface area (Å²) in [5, 5.41) is 2.69. The molecule has 1 N–H and O–H groups in total. The van der Waals surface area contributed by atoms with Gasteiger partial charge in [0.15, 0.2) is 0 Å². The number of aryl methyl sites for hydroxylation is 1. The number of anilines is 1. The first-order chi connectivity index (χ1) is 6.49. The van der Waals surface area contributed by atoms with Crippen LogP contribution in [0.15, 0.2) is 18.3 Å². The van der Waals surface area contributed by atoms with Crippen molar-refractivity contribution in [3.63, 3.8) is 0 Å². The zero-order valence-corrected chi connectivity index (χ0v) is 7.73. The first-order valence-electron chi connectivity index (χ1n) is 4.21. The SMILES string of the molecule is Cc1ncccc1NCCC(F)(F)F. The molecular formula is C9H11F3N2. The number of hydrogen-bond donors (Lipinski definition) is 1. The van der Waals surface area contributed by atoms with E-state index >= 15 is 0 Å². The second-order valence-corrected chi connectivity index (χ2v) is 2.93. The highest BCUT2D eigenvalue weighted by Gasteiger charge is 2.26. The number of rotatable bonds is 3. The van der Waals surface area contributed by atoms with E-state index in [1.165, 1.54) is 0 Å². The predicted octanol–water partition coefficient (Wildman–Crippen LogP) is 2.75. The first-order valence-corrected chi connectivity index (χ1v) is 4.21. The van der Waals surface area contributed by atoms with E-state index < -0.39 is 12.6 Å². The number of halogens is 3. The average Bonchev–Trinajstić information content (AvgIpc) is 2.06. The van der Waals surface area contributed by atoms with Crippen molar-refractivity contribution in [2.45, 2.75) is 19.5 Å². The van der Waals surface area contributed by atoms with Crippen LogP contribution in [0.1, 0.15) is 12.1 Å². The molecule has 0 spiro atoms. The molecule has 0 amide bonds. The molecule has 0 atom stereocenters. The van der Waals surface area contributed by atoms with Crippen molar-refractivity contribution in [3.05, 3.63) is 24.0 Å². The Kier molecular flexibility index (Phi) is 3.33. The fourth-order valence-corrected chi connectivity index (χ4v) is 1.01. The van der Waals surface area contributed by atoms with Crippen molar-refractivity contribution < 1.29 is 13.2 Å². The maximum atomic E-state index is 11.8. The molecule has 0 saturated carbocycles. The van der Waals surface area contributed by atoms with Crippen molar-refractivity contribution in [2.75, 3.05) is 11.9 Å². The van der Waals surface area contributed by atoms with Crippen molar-refractivity contribution in [1.29, 1.82) is 0 Å². The summed E-state index contributed by atoms with van der Waals surface area (Å²) in [6, 6.07) is 3.39. The van der Waals surface area contributed by atoms with Crippen LogP contribution in [0.3, 0.4) is 0 Å². The van der Waals surface area contributed by atoms with Gasteiger partial charge < -0.3 is 5.32 Å². The Morgan fingerprint density at radius 2 is 2.14 bits per heavy atom. The molecule has 0 bridgehead atoms. The molecule has 0 fully saturated rings. The summed E-state index contributed by atoms with van der Waals surface area (Å²) in [5.74, 6) is 0. The van der Waals surface area contributed by atoms with Gasteiger partial charge in [-0.15, -0.1) is 0 Å². The van der Waals surface area contributed by atoms with E-state index in [2.05, 4.69) is 10.3 Å². The largest absolute Gasteiger partial charge is 0.390 e. The second kappa shape index (κ2) is 4.30. The monoisotopic (exact) mass is 204 g/mol. The fraction of sp³-hybridized carbons (Fsp3) is 0.444. The molecule has 0 aliphatic rings. The Morgan fingerprint density at radius 1 is 1.43 bits per heavy atom. The first kappa shape index (κ1) is 10.8. The van der Waals surface area contributed by atoms with Crippen molar-refractivity contribution in [2.24, 2.45) is 0 Å². The summed E-state index contributed by atoms with van der Waals surface area (Å²) in [6.07, 6.45) is -3.34. The summed E-state index contributed by atoms with van der Waals surface area (Å²) in [6.45, 7) is 1.63. The third kappa shape index (κ3) is 3.64. The molecule has 14 heavy (non-hydrogen) atoms. The zero-order chi connectivity index (χ0) is 10.6. The lowest BCUT2D eigenvalue weighted by Crippen LogP contribution is -2.15. The number of nitrogens with zero attached hydrogens (tertiary/aromatic N) is 1. The van der Waals surface area contributed by atoms with Crippen molar-refractivity contribution in [1.82, 2.24) is 4.98 Å². The van der Waals surface area contributed by atoms with Crippen LogP contribution in [-0.2, 0) is 0 Å². The van der Waals surface area contributed by atoms with Gasteiger partial charge in [-0.25, -0.2) is 0 Å². The summed E-state index contributed by atoms with van der Waals surface area (Å²) in [4.78, 5) is 3.95. The van der Waals surface area contributed by atoms with Crippen molar-refractivity contribution >= 4 is 5.69 Å². The molecule has 5 heteroatoms. The van der Waals surface area contributed by atoms with Crippen molar-refractivity contribution in [3.8, 4) is 0 Å². The normalized spacial score (nSPS) is 11.4. The highest BCUT2D eigenvalue weighted by atomic mass is 19.4. The summed E-state index contributed by atoms with van der Waals surface area (Å²) < 4.78 is 35.4. The van der Waals surface area contributed by atoms with Gasteiger partial charge >= 0.3 is 6.18 Å². The molecular weight excluding hydrogens is 193 g/mol. The standard InChI is InChI=1S/C9H11F3N2/c1-7-8(3-2-5-13-7)14-6-4-9(10,11)12/h2-3,5,14H,4,6H2,1H3. The van der Waals surface area contributed by atoms with Gasteiger partial charge in [0.2, 0.25) is 0 Å². The van der Waals surface area contributed by atoms with E-state index in [4.69, 9.17) is 0 Å². The molecule has 0 radical (unpaired) electrons. The van der Waals surface area contributed by atoms with Crippen LogP contribution in [0.4, 0.5) is 18.9 Å². The summed E-state index contributed by atoms with van der Waals surface area (Å²) in [5.41, 5.74) is 1.35. The van der Waals surface area contributed by atoms with Gasteiger partial charge in [-0.2, -0.15) is 13.2 Å². The predicted molar refractivity (Wildman–Crippen MR) is 48.1 cm³/mol. The Morgan fingerprint density at radius 3 is 2.71 bits per heavy atom. The molecule has 0 aliphatic carbocycles. The Hall–Kier alpha value is -1.26. The van der Waals surface area contributed by atoms with Crippen LogP contribution in [0, 0.1) is 6.92 Å². The van der Waals surface area contributed by atoms with Gasteiger partial charge in [0.25, 0.3) is 0 Å². The number of nitrogens with one attached hydrogen (secondary N) is 1. The van der Waals surface area contributed by atoms with Crippen LogP contribution >= 0.6 is 0 Å². The smallest absolute Gasteiger partial charge is 0.383 e. The van der Waals surface area contributed by atoms with Gasteiger partial charge in [0.1, 0.15) is 0 Å². The molecule has 78 valence electrons. The van der Waals surface area contributed by atoms with Gasteiger partial charge in [-0.3, -0.25) is 4.98 Å². The number of pyridine rings is 1. The van der Waals surface area contributed by atoms with Crippen LogP contribution in [0.2, 0.25) is 0 Å². The molecule has 1 aromatic heterocycles. The van der Waals surface area contributed by atoms with Crippen LogP contribution in [0.25, 0.3) is 0 Å². The van der Waals surface area contributed by atoms with E-state index in [1.54, 1.807) is 25.3 Å². The Balaban J connectivity index is 2.43. The van der Waals surface area contributed by atoms with Gasteiger partial charge in [0, 0.05) is 12.7 Å². The highest BCUT2D eigenvalue weighted by molar-refractivity contribution is 5.46. The maximum absolute atomic E-state index is 11.8. The Labute approximate surface area is 80.2 Å². The third-order valence-corrected chi connectivity index (χ3v) is 1.73. The molecule has 0 aliphatic heterocycles. The topological polar surface area (TPSA) is 24.9 Å². The molecule has 0 saturated heterocycles. The third-order valence-electron chi connectivity index (χ3n) is 1.73. The minimum Gasteiger partial charge on any atom is -0.383 e. The second-order valence-electron chi connectivity index (χ2n) is 2.93. The minimum absolute atomic E-state index is 0.115. The van der Waals surface area contributed by atoms with Gasteiger partial charge in [-0.05, 0) is 19.1 Å². The Bertz CT molecular complexity index is 296. The molecule has 1 aromatic rings. The van der Waals surface area contributed by atoms with Crippen LogP contribution in [-0.4, -0.2) is 17.7 Å². The summed E-state index contributed by atoms with van der Waals surface area (Å²) >= 11 is 0. The van der Waals surface area contributed by atoms with Gasteiger partial charge in [-0.1, -0.05) is 0 Å². The minimum atomic E-state index is -4.11. The number of aromatic nitrogens is 1. The molecule has 2 nitrogen and oxygen atoms in total.